The SMILES string of the molecule is Cl.Cn1c2c3ccc(Cl)c([N+](=O)[O-])c3nc-2cc2ccccc21. The van der Waals surface area contributed by atoms with Crippen LogP contribution in [-0.2, 0) is 7.05 Å². The average molecular weight is 348 g/mol. The highest BCUT2D eigenvalue weighted by Gasteiger charge is 2.25. The van der Waals surface area contributed by atoms with Gasteiger partial charge >= 0.3 is 5.69 Å². The van der Waals surface area contributed by atoms with Gasteiger partial charge in [-0.3, -0.25) is 10.1 Å². The first-order valence-corrected chi connectivity index (χ1v) is 7.06. The van der Waals surface area contributed by atoms with Crippen molar-refractivity contribution in [2.45, 2.75) is 0 Å². The molecule has 0 spiro atoms. The molecule has 5 nitrogen and oxygen atoms in total. The number of nitro benzene ring substituents is 1. The molecule has 116 valence electrons. The number of fused-ring (bicyclic) bond motifs is 4. The molecule has 2 heterocycles. The van der Waals surface area contributed by atoms with Gasteiger partial charge < -0.3 is 4.57 Å². The molecule has 0 fully saturated rings. The maximum absolute atomic E-state index is 11.3. The lowest BCUT2D eigenvalue weighted by molar-refractivity contribution is -0.383. The van der Waals surface area contributed by atoms with Crippen molar-refractivity contribution in [1.29, 1.82) is 0 Å². The smallest absolute Gasteiger partial charge is 0.313 e. The van der Waals surface area contributed by atoms with Crippen molar-refractivity contribution >= 4 is 51.5 Å². The number of hydrogen-bond acceptors (Lipinski definition) is 3. The fraction of sp³-hybridized carbons (Fsp3) is 0.0625. The minimum atomic E-state index is -0.476. The Balaban J connectivity index is 0.00000156. The number of nitrogens with zero attached hydrogens (tertiary/aromatic N) is 3. The minimum absolute atomic E-state index is 0. The van der Waals surface area contributed by atoms with Gasteiger partial charge in [0.2, 0.25) is 0 Å². The Kier molecular flexibility index (Phi) is 3.62. The molecule has 2 aliphatic rings. The monoisotopic (exact) mass is 347 g/mol. The van der Waals surface area contributed by atoms with Crippen LogP contribution < -0.4 is 0 Å². The molecule has 0 N–H and O–H groups in total. The lowest BCUT2D eigenvalue weighted by Crippen LogP contribution is -1.98. The van der Waals surface area contributed by atoms with E-state index in [1.54, 1.807) is 12.1 Å². The number of aromatic nitrogens is 2. The van der Waals surface area contributed by atoms with Crippen LogP contribution in [0.3, 0.4) is 0 Å². The summed E-state index contributed by atoms with van der Waals surface area (Å²) < 4.78 is 2.01. The highest BCUT2D eigenvalue weighted by Crippen LogP contribution is 2.40. The summed E-state index contributed by atoms with van der Waals surface area (Å²) in [6.45, 7) is 0. The molecule has 0 aliphatic carbocycles. The van der Waals surface area contributed by atoms with Crippen molar-refractivity contribution in [2.24, 2.45) is 7.05 Å². The van der Waals surface area contributed by atoms with E-state index in [0.717, 1.165) is 27.7 Å². The number of nitro groups is 1. The van der Waals surface area contributed by atoms with Crippen LogP contribution in [0.15, 0.2) is 42.5 Å². The summed E-state index contributed by atoms with van der Waals surface area (Å²) in [6, 6.07) is 13.2. The summed E-state index contributed by atoms with van der Waals surface area (Å²) in [5.74, 6) is 0. The van der Waals surface area contributed by atoms with Gasteiger partial charge in [0.1, 0.15) is 5.02 Å². The largest absolute Gasteiger partial charge is 0.342 e. The summed E-state index contributed by atoms with van der Waals surface area (Å²) in [5.41, 5.74) is 2.83. The highest BCUT2D eigenvalue weighted by molar-refractivity contribution is 6.34. The molecule has 0 saturated heterocycles. The third kappa shape index (κ3) is 2.12. The van der Waals surface area contributed by atoms with Crippen molar-refractivity contribution in [1.82, 2.24) is 9.55 Å². The third-order valence-electron chi connectivity index (χ3n) is 3.94. The molecule has 0 radical (unpaired) electrons. The molecule has 4 rings (SSSR count). The first-order chi connectivity index (χ1) is 10.6. The van der Waals surface area contributed by atoms with Gasteiger partial charge in [0.05, 0.1) is 16.3 Å². The van der Waals surface area contributed by atoms with E-state index in [4.69, 9.17) is 11.6 Å². The Morgan fingerprint density at radius 3 is 2.70 bits per heavy atom. The molecule has 0 unspecified atom stereocenters. The second kappa shape index (κ2) is 5.37. The maximum atomic E-state index is 11.3. The van der Waals surface area contributed by atoms with E-state index < -0.39 is 4.92 Å². The molecule has 7 heteroatoms. The number of halogens is 2. The Labute approximate surface area is 142 Å². The molecular weight excluding hydrogens is 337 g/mol. The zero-order valence-corrected chi connectivity index (χ0v) is 13.6. The fourth-order valence-electron chi connectivity index (χ4n) is 2.98. The van der Waals surface area contributed by atoms with Crippen LogP contribution >= 0.6 is 24.0 Å². The predicted octanol–water partition coefficient (Wildman–Crippen LogP) is 4.81. The highest BCUT2D eigenvalue weighted by atomic mass is 35.5. The molecule has 2 aromatic rings. The number of rotatable bonds is 1. The Bertz CT molecular complexity index is 1040. The molecule has 0 aromatic heterocycles. The number of aryl methyl sites for hydroxylation is 1. The van der Waals surface area contributed by atoms with E-state index in [-0.39, 0.29) is 23.1 Å². The van der Waals surface area contributed by atoms with Crippen LogP contribution in [0.25, 0.3) is 33.2 Å². The van der Waals surface area contributed by atoms with Crippen LogP contribution in [0.1, 0.15) is 0 Å². The van der Waals surface area contributed by atoms with Crippen LogP contribution in [0.5, 0.6) is 0 Å². The second-order valence-corrected chi connectivity index (χ2v) is 5.56. The Morgan fingerprint density at radius 1 is 1.22 bits per heavy atom. The van der Waals surface area contributed by atoms with E-state index in [0.29, 0.717) is 5.52 Å². The van der Waals surface area contributed by atoms with E-state index in [1.165, 1.54) is 0 Å². The number of para-hydroxylation sites is 1. The van der Waals surface area contributed by atoms with Gasteiger partial charge in [0.25, 0.3) is 0 Å². The number of hydrogen-bond donors (Lipinski definition) is 0. The second-order valence-electron chi connectivity index (χ2n) is 5.16. The fourth-order valence-corrected chi connectivity index (χ4v) is 3.20. The van der Waals surface area contributed by atoms with Crippen molar-refractivity contribution in [3.63, 3.8) is 0 Å². The number of benzene rings is 2. The molecule has 0 saturated carbocycles. The molecular formula is C16H11Cl2N3O2. The maximum Gasteiger partial charge on any atom is 0.313 e. The van der Waals surface area contributed by atoms with Crippen LogP contribution in [0, 0.1) is 10.1 Å². The van der Waals surface area contributed by atoms with E-state index in [9.17, 15) is 10.1 Å². The summed E-state index contributed by atoms with van der Waals surface area (Å²) in [6.07, 6.45) is 0. The summed E-state index contributed by atoms with van der Waals surface area (Å²) >= 11 is 5.98. The lowest BCUT2D eigenvalue weighted by Gasteiger charge is -2.11. The summed E-state index contributed by atoms with van der Waals surface area (Å²) in [4.78, 5) is 15.3. The normalized spacial score (nSPS) is 11.0. The standard InChI is InChI=1S/C16H10ClN3O2.ClH/c1-19-13-5-3-2-4-9(13)8-12-15(19)10-6-7-11(17)16(20(21)22)14(10)18-12;/h2-8H,1H3;1H. The van der Waals surface area contributed by atoms with Gasteiger partial charge in [0.15, 0.2) is 5.52 Å². The van der Waals surface area contributed by atoms with Gasteiger partial charge in [0, 0.05) is 23.3 Å². The molecule has 0 atom stereocenters. The van der Waals surface area contributed by atoms with E-state index in [2.05, 4.69) is 4.98 Å². The quantitative estimate of drug-likeness (QED) is 0.366. The van der Waals surface area contributed by atoms with Crippen molar-refractivity contribution in [3.8, 4) is 11.4 Å². The third-order valence-corrected chi connectivity index (χ3v) is 4.25. The lowest BCUT2D eigenvalue weighted by atomic mass is 10.1. The topological polar surface area (TPSA) is 61.0 Å². The van der Waals surface area contributed by atoms with Gasteiger partial charge in [-0.2, -0.15) is 0 Å². The zero-order valence-electron chi connectivity index (χ0n) is 12.0. The summed E-state index contributed by atoms with van der Waals surface area (Å²) in [5, 5.41) is 13.2. The van der Waals surface area contributed by atoms with Crippen molar-refractivity contribution < 1.29 is 4.92 Å². The van der Waals surface area contributed by atoms with E-state index >= 15 is 0 Å². The first-order valence-electron chi connectivity index (χ1n) is 6.68. The molecule has 2 aliphatic heterocycles. The average Bonchev–Trinajstić information content (AvgIpc) is 2.85. The Morgan fingerprint density at radius 2 is 1.96 bits per heavy atom. The first kappa shape index (κ1) is 15.5. The molecule has 0 bridgehead atoms. The number of pyridine rings is 1. The zero-order chi connectivity index (χ0) is 15.4. The molecule has 23 heavy (non-hydrogen) atoms. The van der Waals surface area contributed by atoms with Gasteiger partial charge in [-0.1, -0.05) is 29.8 Å². The Hall–Kier alpha value is -2.37. The van der Waals surface area contributed by atoms with Crippen LogP contribution in [0.4, 0.5) is 5.69 Å². The molecule has 0 amide bonds. The van der Waals surface area contributed by atoms with Crippen LogP contribution in [-0.4, -0.2) is 14.5 Å². The summed E-state index contributed by atoms with van der Waals surface area (Å²) in [7, 11) is 1.94. The van der Waals surface area contributed by atoms with Crippen molar-refractivity contribution in [3.05, 3.63) is 57.6 Å². The minimum Gasteiger partial charge on any atom is -0.342 e. The van der Waals surface area contributed by atoms with Crippen molar-refractivity contribution in [2.75, 3.05) is 0 Å². The van der Waals surface area contributed by atoms with Gasteiger partial charge in [-0.15, -0.1) is 12.4 Å². The van der Waals surface area contributed by atoms with E-state index in [1.807, 2.05) is 41.9 Å². The predicted molar refractivity (Wildman–Crippen MR) is 93.8 cm³/mol. The van der Waals surface area contributed by atoms with Gasteiger partial charge in [-0.05, 0) is 24.3 Å². The van der Waals surface area contributed by atoms with Gasteiger partial charge in [-0.25, -0.2) is 4.98 Å². The molecule has 2 aromatic carbocycles. The van der Waals surface area contributed by atoms with Crippen LogP contribution in [0.2, 0.25) is 5.02 Å².